The van der Waals surface area contributed by atoms with Crippen molar-refractivity contribution in [2.24, 2.45) is 0 Å². The van der Waals surface area contributed by atoms with E-state index in [0.29, 0.717) is 28.3 Å². The second kappa shape index (κ2) is 8.52. The number of hydrogen-bond acceptors (Lipinski definition) is 6. The lowest BCUT2D eigenvalue weighted by Crippen LogP contribution is -2.10. The SMILES string of the molecule is O=C(Nc1cccc(-c2nc3c(ccc4ccccc43)o2)c1)c1ccc(-c2ccccc2[N+](=O)[O-])o1. The van der Waals surface area contributed by atoms with Gasteiger partial charge in [-0.3, -0.25) is 14.9 Å². The molecule has 0 atom stereocenters. The molecule has 8 heteroatoms. The number of carbonyl (C=O) groups is 1. The van der Waals surface area contributed by atoms with Crippen molar-refractivity contribution in [3.63, 3.8) is 0 Å². The number of nitrogens with one attached hydrogen (secondary N) is 1. The van der Waals surface area contributed by atoms with Gasteiger partial charge in [0.05, 0.1) is 10.5 Å². The van der Waals surface area contributed by atoms with Gasteiger partial charge >= 0.3 is 0 Å². The van der Waals surface area contributed by atoms with E-state index in [0.717, 1.165) is 16.3 Å². The molecule has 6 rings (SSSR count). The summed E-state index contributed by atoms with van der Waals surface area (Å²) in [7, 11) is 0. The summed E-state index contributed by atoms with van der Waals surface area (Å²) in [6.07, 6.45) is 0. The first-order valence-electron chi connectivity index (χ1n) is 11.1. The fraction of sp³-hybridized carbons (Fsp3) is 0. The van der Waals surface area contributed by atoms with Crippen molar-refractivity contribution >= 4 is 39.2 Å². The van der Waals surface area contributed by atoms with Crippen LogP contribution in [0.2, 0.25) is 0 Å². The van der Waals surface area contributed by atoms with Gasteiger partial charge in [-0.2, -0.15) is 0 Å². The highest BCUT2D eigenvalue weighted by Crippen LogP contribution is 2.32. The molecule has 4 aromatic carbocycles. The van der Waals surface area contributed by atoms with Crippen LogP contribution in [-0.4, -0.2) is 15.8 Å². The van der Waals surface area contributed by atoms with Crippen LogP contribution in [0.1, 0.15) is 10.6 Å². The Labute approximate surface area is 204 Å². The van der Waals surface area contributed by atoms with Crippen LogP contribution in [-0.2, 0) is 0 Å². The third kappa shape index (κ3) is 3.76. The molecular formula is C28H17N3O5. The summed E-state index contributed by atoms with van der Waals surface area (Å²) >= 11 is 0. The Morgan fingerprint density at radius 2 is 1.69 bits per heavy atom. The van der Waals surface area contributed by atoms with Gasteiger partial charge in [-0.25, -0.2) is 4.98 Å². The number of benzene rings is 4. The highest BCUT2D eigenvalue weighted by Gasteiger charge is 2.20. The number of fused-ring (bicyclic) bond motifs is 3. The number of hydrogen-bond donors (Lipinski definition) is 1. The van der Waals surface area contributed by atoms with E-state index in [1.807, 2.05) is 42.5 Å². The van der Waals surface area contributed by atoms with E-state index >= 15 is 0 Å². The summed E-state index contributed by atoms with van der Waals surface area (Å²) in [5, 5.41) is 16.2. The maximum atomic E-state index is 12.8. The van der Waals surface area contributed by atoms with E-state index in [2.05, 4.69) is 5.32 Å². The minimum absolute atomic E-state index is 0.0295. The molecule has 1 amide bonds. The number of anilines is 1. The van der Waals surface area contributed by atoms with Crippen LogP contribution >= 0.6 is 0 Å². The summed E-state index contributed by atoms with van der Waals surface area (Å²) in [6.45, 7) is 0. The first kappa shape index (κ1) is 21.3. The number of nitro benzene ring substituents is 1. The number of furan rings is 1. The van der Waals surface area contributed by atoms with Crippen molar-refractivity contribution in [2.75, 3.05) is 5.32 Å². The van der Waals surface area contributed by atoms with E-state index < -0.39 is 10.8 Å². The van der Waals surface area contributed by atoms with Crippen molar-refractivity contribution < 1.29 is 18.6 Å². The fourth-order valence-electron chi connectivity index (χ4n) is 4.15. The van der Waals surface area contributed by atoms with Crippen molar-refractivity contribution in [2.45, 2.75) is 0 Å². The summed E-state index contributed by atoms with van der Waals surface area (Å²) in [5.74, 6) is 0.219. The highest BCUT2D eigenvalue weighted by molar-refractivity contribution is 6.04. The standard InChI is InChI=1S/C28H17N3O5/c32-27(25-15-14-23(35-25)21-10-3-4-11-22(21)31(33)34)29-19-8-5-7-18(16-19)28-30-26-20-9-2-1-6-17(20)12-13-24(26)36-28/h1-16H,(H,29,32). The Morgan fingerprint density at radius 3 is 2.58 bits per heavy atom. The zero-order chi connectivity index (χ0) is 24.6. The molecule has 0 saturated carbocycles. The average Bonchev–Trinajstić information content (AvgIpc) is 3.57. The molecule has 1 N–H and O–H groups in total. The van der Waals surface area contributed by atoms with Crippen LogP contribution in [0.3, 0.4) is 0 Å². The lowest BCUT2D eigenvalue weighted by molar-refractivity contribution is -0.384. The van der Waals surface area contributed by atoms with Crippen molar-refractivity contribution in [3.05, 3.63) is 113 Å². The monoisotopic (exact) mass is 475 g/mol. The number of nitrogens with zero attached hydrogens (tertiary/aromatic N) is 2. The Kier molecular flexibility index (Phi) is 5.04. The van der Waals surface area contributed by atoms with Crippen molar-refractivity contribution in [3.8, 4) is 22.8 Å². The van der Waals surface area contributed by atoms with Gasteiger partial charge < -0.3 is 14.2 Å². The summed E-state index contributed by atoms with van der Waals surface area (Å²) in [4.78, 5) is 28.4. The molecule has 0 radical (unpaired) electrons. The molecule has 0 aliphatic heterocycles. The Bertz CT molecular complexity index is 1780. The lowest BCUT2D eigenvalue weighted by atomic mass is 10.1. The van der Waals surface area contributed by atoms with Crippen molar-refractivity contribution in [1.82, 2.24) is 4.98 Å². The number of oxazole rings is 1. The van der Waals surface area contributed by atoms with Crippen molar-refractivity contribution in [1.29, 1.82) is 0 Å². The van der Waals surface area contributed by atoms with Gasteiger partial charge in [-0.15, -0.1) is 0 Å². The maximum absolute atomic E-state index is 12.8. The van der Waals surface area contributed by atoms with E-state index in [4.69, 9.17) is 13.8 Å². The quantitative estimate of drug-likeness (QED) is 0.211. The van der Waals surface area contributed by atoms with Crippen LogP contribution in [0.5, 0.6) is 0 Å². The number of amides is 1. The van der Waals surface area contributed by atoms with Crippen LogP contribution in [0.4, 0.5) is 11.4 Å². The predicted octanol–water partition coefficient (Wildman–Crippen LogP) is 7.07. The molecule has 0 spiro atoms. The van der Waals surface area contributed by atoms with Crippen LogP contribution < -0.4 is 5.32 Å². The molecule has 0 aliphatic rings. The molecule has 0 aliphatic carbocycles. The van der Waals surface area contributed by atoms with Crippen LogP contribution in [0.15, 0.2) is 106 Å². The molecule has 6 aromatic rings. The van der Waals surface area contributed by atoms with Crippen LogP contribution in [0.25, 0.3) is 44.7 Å². The molecule has 36 heavy (non-hydrogen) atoms. The molecule has 0 bridgehead atoms. The normalized spacial score (nSPS) is 11.1. The topological polar surface area (TPSA) is 111 Å². The van der Waals surface area contributed by atoms with E-state index in [-0.39, 0.29) is 17.2 Å². The Balaban J connectivity index is 1.27. The fourth-order valence-corrected chi connectivity index (χ4v) is 4.15. The molecule has 2 aromatic heterocycles. The van der Waals surface area contributed by atoms with Gasteiger partial charge in [0.25, 0.3) is 11.6 Å². The molecule has 0 unspecified atom stereocenters. The maximum Gasteiger partial charge on any atom is 0.291 e. The van der Waals surface area contributed by atoms with E-state index in [1.165, 1.54) is 18.2 Å². The second-order valence-electron chi connectivity index (χ2n) is 8.13. The summed E-state index contributed by atoms with van der Waals surface area (Å²) < 4.78 is 11.6. The number of aromatic nitrogens is 1. The molecule has 0 fully saturated rings. The van der Waals surface area contributed by atoms with Gasteiger partial charge in [0.2, 0.25) is 5.89 Å². The lowest BCUT2D eigenvalue weighted by Gasteiger charge is -2.05. The third-order valence-electron chi connectivity index (χ3n) is 5.85. The van der Waals surface area contributed by atoms with Gasteiger partial charge in [0.1, 0.15) is 11.3 Å². The van der Waals surface area contributed by atoms with Gasteiger partial charge in [-0.1, -0.05) is 48.5 Å². The van der Waals surface area contributed by atoms with Gasteiger partial charge in [0.15, 0.2) is 11.3 Å². The Hall–Kier alpha value is -5.24. The molecule has 174 valence electrons. The second-order valence-corrected chi connectivity index (χ2v) is 8.13. The molecule has 2 heterocycles. The highest BCUT2D eigenvalue weighted by atomic mass is 16.6. The minimum atomic E-state index is -0.488. The predicted molar refractivity (Wildman–Crippen MR) is 136 cm³/mol. The largest absolute Gasteiger partial charge is 0.451 e. The van der Waals surface area contributed by atoms with Crippen LogP contribution in [0, 0.1) is 10.1 Å². The zero-order valence-corrected chi connectivity index (χ0v) is 18.7. The average molecular weight is 475 g/mol. The first-order chi connectivity index (χ1) is 17.6. The third-order valence-corrected chi connectivity index (χ3v) is 5.85. The van der Waals surface area contributed by atoms with E-state index in [1.54, 1.807) is 36.4 Å². The summed E-state index contributed by atoms with van der Waals surface area (Å²) in [6, 6.07) is 28.2. The Morgan fingerprint density at radius 1 is 0.861 bits per heavy atom. The van der Waals surface area contributed by atoms with E-state index in [9.17, 15) is 14.9 Å². The number of rotatable bonds is 5. The number of carbonyl (C=O) groups excluding carboxylic acids is 1. The number of para-hydroxylation sites is 1. The summed E-state index contributed by atoms with van der Waals surface area (Å²) in [5.41, 5.74) is 2.87. The van der Waals surface area contributed by atoms with Gasteiger partial charge in [-0.05, 0) is 47.9 Å². The van der Waals surface area contributed by atoms with Gasteiger partial charge in [0, 0.05) is 22.7 Å². The smallest absolute Gasteiger partial charge is 0.291 e. The minimum Gasteiger partial charge on any atom is -0.451 e. The number of nitro groups is 1. The molecule has 8 nitrogen and oxygen atoms in total. The first-order valence-corrected chi connectivity index (χ1v) is 11.1. The molecular weight excluding hydrogens is 458 g/mol. The zero-order valence-electron chi connectivity index (χ0n) is 18.7. The molecule has 0 saturated heterocycles.